The number of nitrogens with zero attached hydrogens (tertiary/aromatic N) is 4. The number of rotatable bonds is 3. The van der Waals surface area contributed by atoms with Crippen molar-refractivity contribution in [2.45, 2.75) is 26.8 Å². The molecule has 0 radical (unpaired) electrons. The normalized spacial score (nSPS) is 10.2. The summed E-state index contributed by atoms with van der Waals surface area (Å²) < 4.78 is 1.84. The standard InChI is InChI=1S/C13H14N4/c1-10-5-3-4-6-12(10)9-17-11(2)13(7-8-14)15-16-17/h3-6H,7,9H2,1-2H3. The summed E-state index contributed by atoms with van der Waals surface area (Å²) in [5.41, 5.74) is 4.20. The third-order valence-corrected chi connectivity index (χ3v) is 2.91. The van der Waals surface area contributed by atoms with Crippen LogP contribution in [0.2, 0.25) is 0 Å². The maximum absolute atomic E-state index is 8.66. The number of hydrogen-bond donors (Lipinski definition) is 0. The van der Waals surface area contributed by atoms with Crippen LogP contribution in [0.5, 0.6) is 0 Å². The molecular formula is C13H14N4. The van der Waals surface area contributed by atoms with E-state index in [4.69, 9.17) is 5.26 Å². The Morgan fingerprint density at radius 3 is 2.76 bits per heavy atom. The van der Waals surface area contributed by atoms with Crippen LogP contribution in [0.1, 0.15) is 22.5 Å². The van der Waals surface area contributed by atoms with Crippen LogP contribution >= 0.6 is 0 Å². The molecule has 0 fully saturated rings. The zero-order chi connectivity index (χ0) is 12.3. The quantitative estimate of drug-likeness (QED) is 0.804. The molecule has 0 amide bonds. The molecule has 0 spiro atoms. The van der Waals surface area contributed by atoms with Crippen molar-refractivity contribution in [1.82, 2.24) is 15.0 Å². The largest absolute Gasteiger partial charge is 0.245 e. The minimum absolute atomic E-state index is 0.319. The highest BCUT2D eigenvalue weighted by Crippen LogP contribution is 2.11. The van der Waals surface area contributed by atoms with Gasteiger partial charge < -0.3 is 0 Å². The molecule has 0 aliphatic heterocycles. The fourth-order valence-electron chi connectivity index (χ4n) is 1.73. The van der Waals surface area contributed by atoms with E-state index in [1.165, 1.54) is 11.1 Å². The molecule has 4 nitrogen and oxygen atoms in total. The maximum atomic E-state index is 8.66. The van der Waals surface area contributed by atoms with Crippen molar-refractivity contribution in [1.29, 1.82) is 5.26 Å². The Hall–Kier alpha value is -2.15. The fourth-order valence-corrected chi connectivity index (χ4v) is 1.73. The van der Waals surface area contributed by atoms with Crippen LogP contribution in [0.3, 0.4) is 0 Å². The van der Waals surface area contributed by atoms with Gasteiger partial charge in [-0.1, -0.05) is 29.5 Å². The highest BCUT2D eigenvalue weighted by Gasteiger charge is 2.08. The lowest BCUT2D eigenvalue weighted by atomic mass is 10.1. The van der Waals surface area contributed by atoms with Gasteiger partial charge in [-0.3, -0.25) is 0 Å². The van der Waals surface area contributed by atoms with Gasteiger partial charge in [0, 0.05) is 0 Å². The van der Waals surface area contributed by atoms with Crippen LogP contribution in [0.15, 0.2) is 24.3 Å². The molecule has 0 aliphatic carbocycles. The Kier molecular flexibility index (Phi) is 3.20. The summed E-state index contributed by atoms with van der Waals surface area (Å²) in [6, 6.07) is 10.3. The lowest BCUT2D eigenvalue weighted by Crippen LogP contribution is -2.05. The summed E-state index contributed by atoms with van der Waals surface area (Å²) in [7, 11) is 0. The first-order chi connectivity index (χ1) is 8.22. The van der Waals surface area contributed by atoms with Crippen LogP contribution in [0.4, 0.5) is 0 Å². The minimum Gasteiger partial charge on any atom is -0.245 e. The number of nitriles is 1. The molecule has 86 valence electrons. The molecule has 1 heterocycles. The van der Waals surface area contributed by atoms with Gasteiger partial charge in [-0.05, 0) is 25.0 Å². The number of hydrogen-bond acceptors (Lipinski definition) is 3. The minimum atomic E-state index is 0.319. The van der Waals surface area contributed by atoms with E-state index in [0.29, 0.717) is 13.0 Å². The van der Waals surface area contributed by atoms with Crippen LogP contribution in [0.25, 0.3) is 0 Å². The smallest absolute Gasteiger partial charge is 0.0996 e. The van der Waals surface area contributed by atoms with Crippen molar-refractivity contribution in [2.75, 3.05) is 0 Å². The molecule has 2 rings (SSSR count). The molecular weight excluding hydrogens is 212 g/mol. The number of benzene rings is 1. The van der Waals surface area contributed by atoms with E-state index in [1.807, 2.05) is 23.7 Å². The molecule has 17 heavy (non-hydrogen) atoms. The van der Waals surface area contributed by atoms with E-state index in [9.17, 15) is 0 Å². The Balaban J connectivity index is 2.26. The Morgan fingerprint density at radius 1 is 1.29 bits per heavy atom. The van der Waals surface area contributed by atoms with Gasteiger partial charge in [0.05, 0.1) is 30.4 Å². The Morgan fingerprint density at radius 2 is 2.06 bits per heavy atom. The van der Waals surface area contributed by atoms with Gasteiger partial charge in [-0.25, -0.2) is 4.68 Å². The molecule has 0 saturated carbocycles. The van der Waals surface area contributed by atoms with Gasteiger partial charge >= 0.3 is 0 Å². The van der Waals surface area contributed by atoms with Crippen LogP contribution < -0.4 is 0 Å². The van der Waals surface area contributed by atoms with E-state index in [2.05, 4.69) is 35.4 Å². The van der Waals surface area contributed by atoms with Crippen LogP contribution in [-0.2, 0) is 13.0 Å². The Labute approximate surface area is 101 Å². The third kappa shape index (κ3) is 2.34. The second-order valence-electron chi connectivity index (χ2n) is 4.04. The first-order valence-electron chi connectivity index (χ1n) is 5.53. The Bertz CT molecular complexity index is 563. The van der Waals surface area contributed by atoms with Gasteiger partial charge in [0.1, 0.15) is 0 Å². The molecule has 0 bridgehead atoms. The summed E-state index contributed by atoms with van der Waals surface area (Å²) in [4.78, 5) is 0. The zero-order valence-electron chi connectivity index (χ0n) is 10.0. The van der Waals surface area contributed by atoms with Crippen LogP contribution in [-0.4, -0.2) is 15.0 Å². The molecule has 0 aliphatic rings. The van der Waals surface area contributed by atoms with Gasteiger partial charge in [0.25, 0.3) is 0 Å². The average molecular weight is 226 g/mol. The lowest BCUT2D eigenvalue weighted by Gasteiger charge is -2.06. The van der Waals surface area contributed by atoms with E-state index in [-0.39, 0.29) is 0 Å². The van der Waals surface area contributed by atoms with Crippen LogP contribution in [0, 0.1) is 25.2 Å². The summed E-state index contributed by atoms with van der Waals surface area (Å²) in [5.74, 6) is 0. The van der Waals surface area contributed by atoms with Crippen molar-refractivity contribution < 1.29 is 0 Å². The molecule has 0 atom stereocenters. The SMILES string of the molecule is Cc1ccccc1Cn1nnc(CC#N)c1C. The first-order valence-corrected chi connectivity index (χ1v) is 5.53. The second-order valence-corrected chi connectivity index (χ2v) is 4.04. The molecule has 2 aromatic rings. The monoisotopic (exact) mass is 226 g/mol. The summed E-state index contributed by atoms with van der Waals surface area (Å²) in [6.45, 7) is 4.74. The van der Waals surface area contributed by atoms with E-state index >= 15 is 0 Å². The van der Waals surface area contributed by atoms with E-state index < -0.39 is 0 Å². The fraction of sp³-hybridized carbons (Fsp3) is 0.308. The summed E-state index contributed by atoms with van der Waals surface area (Å²) >= 11 is 0. The summed E-state index contributed by atoms with van der Waals surface area (Å²) in [6.07, 6.45) is 0.319. The molecule has 4 heteroatoms. The van der Waals surface area contributed by atoms with Crippen molar-refractivity contribution in [3.63, 3.8) is 0 Å². The highest BCUT2D eigenvalue weighted by atomic mass is 15.4. The average Bonchev–Trinajstić information content (AvgIpc) is 2.65. The molecule has 0 saturated heterocycles. The van der Waals surface area contributed by atoms with E-state index in [1.54, 1.807) is 0 Å². The lowest BCUT2D eigenvalue weighted by molar-refractivity contribution is 0.631. The maximum Gasteiger partial charge on any atom is 0.0996 e. The number of aryl methyl sites for hydroxylation is 1. The number of aromatic nitrogens is 3. The van der Waals surface area contributed by atoms with Crippen molar-refractivity contribution in [3.05, 3.63) is 46.8 Å². The highest BCUT2D eigenvalue weighted by molar-refractivity contribution is 5.26. The van der Waals surface area contributed by atoms with E-state index in [0.717, 1.165) is 11.4 Å². The van der Waals surface area contributed by atoms with Gasteiger partial charge in [0.15, 0.2) is 0 Å². The van der Waals surface area contributed by atoms with Crippen molar-refractivity contribution in [2.24, 2.45) is 0 Å². The van der Waals surface area contributed by atoms with Gasteiger partial charge in [-0.15, -0.1) is 5.10 Å². The molecule has 1 aromatic carbocycles. The van der Waals surface area contributed by atoms with Crippen molar-refractivity contribution in [3.8, 4) is 6.07 Å². The predicted octanol–water partition coefficient (Wildman–Crippen LogP) is 2.01. The molecule has 1 aromatic heterocycles. The molecule has 0 unspecified atom stereocenters. The topological polar surface area (TPSA) is 54.5 Å². The third-order valence-electron chi connectivity index (χ3n) is 2.91. The predicted molar refractivity (Wildman–Crippen MR) is 64.4 cm³/mol. The van der Waals surface area contributed by atoms with Crippen molar-refractivity contribution >= 4 is 0 Å². The van der Waals surface area contributed by atoms with Gasteiger partial charge in [0.2, 0.25) is 0 Å². The van der Waals surface area contributed by atoms with Gasteiger partial charge in [-0.2, -0.15) is 5.26 Å². The summed E-state index contributed by atoms with van der Waals surface area (Å²) in [5, 5.41) is 16.8. The second kappa shape index (κ2) is 4.79. The first kappa shape index (κ1) is 11.3. The zero-order valence-corrected chi connectivity index (χ0v) is 10.0. The molecule has 0 N–H and O–H groups in total.